The molecule has 0 aliphatic rings. The zero-order valence-electron chi connectivity index (χ0n) is 6.28. The van der Waals surface area contributed by atoms with Gasteiger partial charge in [0, 0.05) is 0 Å². The first-order valence-electron chi connectivity index (χ1n) is 2.45. The van der Waals surface area contributed by atoms with Gasteiger partial charge in [0.25, 0.3) is 0 Å². The molecule has 78 valence electrons. The van der Waals surface area contributed by atoms with Crippen molar-refractivity contribution >= 4 is 36.4 Å². The van der Waals surface area contributed by atoms with Crippen LogP contribution in [0.1, 0.15) is 0 Å². The zero-order valence-corrected chi connectivity index (χ0v) is 12.3. The fourth-order valence-electron chi connectivity index (χ4n) is 0.270. The summed E-state index contributed by atoms with van der Waals surface area (Å²) in [6.07, 6.45) is -4.53. The van der Waals surface area contributed by atoms with Gasteiger partial charge in [-0.15, -0.1) is 0 Å². The van der Waals surface area contributed by atoms with E-state index in [2.05, 4.69) is 0 Å². The van der Waals surface area contributed by atoms with Crippen LogP contribution in [0.4, 0.5) is 0 Å². The Morgan fingerprint density at radius 3 is 1.15 bits per heavy atom. The molecule has 0 saturated heterocycles. The molecule has 0 aliphatic heterocycles. The molecule has 0 aromatic rings. The van der Waals surface area contributed by atoms with Gasteiger partial charge in [-0.25, -0.2) is 9.59 Å². The van der Waals surface area contributed by atoms with Crippen LogP contribution in [0.25, 0.3) is 0 Å². The summed E-state index contributed by atoms with van der Waals surface area (Å²) in [4.78, 5) is 19.5. The van der Waals surface area contributed by atoms with Crippen molar-refractivity contribution in [3.63, 3.8) is 0 Å². The van der Waals surface area contributed by atoms with E-state index in [1.54, 1.807) is 0 Å². The number of rotatable bonds is 3. The third-order valence-corrected chi connectivity index (χ3v) is 0.805. The van der Waals surface area contributed by atoms with Crippen LogP contribution in [-0.4, -0.2) is 69.0 Å². The average molecular weight is 387 g/mol. The van der Waals surface area contributed by atoms with Crippen LogP contribution in [0.5, 0.6) is 0 Å². The van der Waals surface area contributed by atoms with Crippen molar-refractivity contribution in [1.82, 2.24) is 0 Å². The van der Waals surface area contributed by atoms with Gasteiger partial charge < -0.3 is 20.4 Å². The molecule has 2 atom stereocenters. The quantitative estimate of drug-likeness (QED) is 0.371. The summed E-state index contributed by atoms with van der Waals surface area (Å²) < 4.78 is 8.26. The topological polar surface area (TPSA) is 132 Å². The molecule has 0 heterocycles. The Morgan fingerprint density at radius 1 is 0.923 bits per heavy atom. The van der Waals surface area contributed by atoms with E-state index in [9.17, 15) is 9.59 Å². The first kappa shape index (κ1) is 18.9. The van der Waals surface area contributed by atoms with E-state index in [4.69, 9.17) is 23.8 Å². The predicted octanol–water partition coefficient (Wildman–Crippen LogP) is -3.43. The van der Waals surface area contributed by atoms with Gasteiger partial charge in [-0.05, 0) is 0 Å². The van der Waals surface area contributed by atoms with E-state index in [0.29, 0.717) is 19.8 Å². The third-order valence-electron chi connectivity index (χ3n) is 0.805. The molecule has 7 nitrogen and oxygen atoms in total. The van der Waals surface area contributed by atoms with E-state index in [1.807, 2.05) is 0 Å². The van der Waals surface area contributed by atoms with Crippen molar-refractivity contribution < 1.29 is 53.2 Å². The second-order valence-electron chi connectivity index (χ2n) is 1.57. The molecule has 13 heavy (non-hydrogen) atoms. The molecular formula is C4H9MoO7Sb. The molecule has 0 spiro atoms. The standard InChI is InChI=1S/C4H6O6.Mo.O.Sb.3H/c5-1(3(7)8)2(6)4(9)10;;;;;;/h1-2,5-6H,(H,7,8)(H,9,10);;;;;;. The van der Waals surface area contributed by atoms with E-state index < -0.39 is 24.1 Å². The second-order valence-corrected chi connectivity index (χ2v) is 1.57. The first-order chi connectivity index (χ1) is 5.46. The zero-order chi connectivity index (χ0) is 10.3. The van der Waals surface area contributed by atoms with Crippen LogP contribution < -0.4 is 0 Å². The summed E-state index contributed by atoms with van der Waals surface area (Å²) >= 11 is 0.700. The molecule has 0 saturated carbocycles. The van der Waals surface area contributed by atoms with Crippen molar-refractivity contribution in [2.24, 2.45) is 0 Å². The minimum absolute atomic E-state index is 0. The maximum absolute atomic E-state index is 9.77. The SMILES string of the molecule is O=C(O)C(O)C(O)C(=O)O.[O]=[Mo].[SbH3]. The first-order valence-corrected chi connectivity index (χ1v) is 3.27. The fourth-order valence-corrected chi connectivity index (χ4v) is 0.270. The number of carboxylic acids is 2. The van der Waals surface area contributed by atoms with Gasteiger partial charge in [0.15, 0.2) is 12.2 Å². The Kier molecular flexibility index (Phi) is 14.9. The number of hydrogen-bond acceptors (Lipinski definition) is 5. The molecule has 4 N–H and O–H groups in total. The monoisotopic (exact) mass is 388 g/mol. The fraction of sp³-hybridized carbons (Fsp3) is 0.500. The summed E-state index contributed by atoms with van der Waals surface area (Å²) in [5, 5.41) is 32.5. The van der Waals surface area contributed by atoms with E-state index >= 15 is 0 Å². The van der Waals surface area contributed by atoms with Gasteiger partial charge in [-0.2, -0.15) is 0 Å². The Bertz CT molecular complexity index is 156. The molecule has 0 radical (unpaired) electrons. The normalized spacial score (nSPS) is 12.5. The summed E-state index contributed by atoms with van der Waals surface area (Å²) in [5.74, 6) is -3.54. The summed E-state index contributed by atoms with van der Waals surface area (Å²) in [6.45, 7) is 0. The van der Waals surface area contributed by atoms with Crippen molar-refractivity contribution in [1.29, 1.82) is 0 Å². The number of aliphatic hydroxyl groups excluding tert-OH is 2. The van der Waals surface area contributed by atoms with Gasteiger partial charge in [0.2, 0.25) is 0 Å². The van der Waals surface area contributed by atoms with Gasteiger partial charge in [0.1, 0.15) is 0 Å². The van der Waals surface area contributed by atoms with Gasteiger partial charge in [0.05, 0.1) is 0 Å². The molecular weight excluding hydrogens is 378 g/mol. The van der Waals surface area contributed by atoms with Crippen molar-refractivity contribution in [2.75, 3.05) is 0 Å². The minimum atomic E-state index is -2.27. The van der Waals surface area contributed by atoms with Gasteiger partial charge in [-0.1, -0.05) is 0 Å². The second kappa shape index (κ2) is 10.2. The Balaban J connectivity index is -0.000000309. The predicted molar refractivity (Wildman–Crippen MR) is 37.9 cm³/mol. The van der Waals surface area contributed by atoms with Crippen LogP contribution in [-0.2, 0) is 32.8 Å². The number of aliphatic carboxylic acids is 2. The summed E-state index contributed by atoms with van der Waals surface area (Å²) in [7, 11) is 0. The maximum atomic E-state index is 9.77. The number of carboxylic acid groups (broad SMARTS) is 2. The molecule has 0 aliphatic carbocycles. The van der Waals surface area contributed by atoms with Gasteiger partial charge in [-0.3, -0.25) is 0 Å². The van der Waals surface area contributed by atoms with E-state index in [0.717, 1.165) is 0 Å². The van der Waals surface area contributed by atoms with E-state index in [1.165, 1.54) is 0 Å². The van der Waals surface area contributed by atoms with Crippen molar-refractivity contribution in [2.45, 2.75) is 12.2 Å². The van der Waals surface area contributed by atoms with Crippen LogP contribution in [0.2, 0.25) is 0 Å². The molecule has 9 heteroatoms. The Hall–Kier alpha value is 0.166. The molecule has 0 aromatic carbocycles. The van der Waals surface area contributed by atoms with Crippen LogP contribution in [0.15, 0.2) is 0 Å². The third kappa shape index (κ3) is 8.50. The van der Waals surface area contributed by atoms with Gasteiger partial charge >= 0.3 is 59.5 Å². The number of aliphatic hydroxyl groups is 2. The van der Waals surface area contributed by atoms with Crippen LogP contribution in [0, 0.1) is 0 Å². The van der Waals surface area contributed by atoms with Crippen molar-refractivity contribution in [3.05, 3.63) is 0 Å². The van der Waals surface area contributed by atoms with Crippen molar-refractivity contribution in [3.8, 4) is 0 Å². The summed E-state index contributed by atoms with van der Waals surface area (Å²) in [5.41, 5.74) is 0. The van der Waals surface area contributed by atoms with Crippen LogP contribution in [0.3, 0.4) is 0 Å². The molecule has 0 bridgehead atoms. The Labute approximate surface area is 101 Å². The Morgan fingerprint density at radius 2 is 1.08 bits per heavy atom. The molecule has 0 aromatic heterocycles. The molecule has 2 unspecified atom stereocenters. The molecule has 0 fully saturated rings. The molecule has 0 rings (SSSR count). The molecule has 0 amide bonds. The van der Waals surface area contributed by atoms with Crippen LogP contribution >= 0.6 is 0 Å². The number of carbonyl (C=O) groups is 2. The van der Waals surface area contributed by atoms with E-state index in [-0.39, 0.29) is 24.4 Å². The number of hydrogen-bond donors (Lipinski definition) is 4. The average Bonchev–Trinajstić information content (AvgIpc) is 2.05. The summed E-state index contributed by atoms with van der Waals surface area (Å²) in [6, 6.07) is 0.